The molecule has 3 aromatic rings. The van der Waals surface area contributed by atoms with E-state index in [1.165, 1.54) is 23.6 Å². The van der Waals surface area contributed by atoms with Gasteiger partial charge in [0.2, 0.25) is 4.80 Å². The van der Waals surface area contributed by atoms with Crippen LogP contribution in [0.4, 0.5) is 4.39 Å². The zero-order valence-corrected chi connectivity index (χ0v) is 16.6. The van der Waals surface area contributed by atoms with Crippen molar-refractivity contribution in [2.75, 3.05) is 6.54 Å². The summed E-state index contributed by atoms with van der Waals surface area (Å²) in [6.07, 6.45) is 1.52. The monoisotopic (exact) mass is 429 g/mol. The highest BCUT2D eigenvalue weighted by atomic mass is 79.9. The standard InChI is InChI=1S/C20H17BrFN3S/c1-14(2)11-23-20-25(24-12-15-7-3-6-10-18(15)22)19(13-26-20)16-8-4-5-9-17(16)21/h3-10,12-13H,1,11H2,2H3. The molecule has 0 atom stereocenters. The molecule has 3 nitrogen and oxygen atoms in total. The van der Waals surface area contributed by atoms with E-state index >= 15 is 0 Å². The summed E-state index contributed by atoms with van der Waals surface area (Å²) < 4.78 is 16.6. The molecule has 0 bridgehead atoms. The van der Waals surface area contributed by atoms with Gasteiger partial charge in [0.05, 0.1) is 18.5 Å². The summed E-state index contributed by atoms with van der Waals surface area (Å²) in [5, 5.41) is 6.51. The molecular weight excluding hydrogens is 413 g/mol. The minimum Gasteiger partial charge on any atom is -0.253 e. The number of nitrogens with zero attached hydrogens (tertiary/aromatic N) is 3. The van der Waals surface area contributed by atoms with Gasteiger partial charge in [0.1, 0.15) is 5.82 Å². The van der Waals surface area contributed by atoms with E-state index < -0.39 is 0 Å². The van der Waals surface area contributed by atoms with Crippen LogP contribution in [0.2, 0.25) is 0 Å². The van der Waals surface area contributed by atoms with Gasteiger partial charge in [-0.15, -0.1) is 11.3 Å². The van der Waals surface area contributed by atoms with Crippen molar-refractivity contribution in [1.82, 2.24) is 4.68 Å². The number of rotatable bonds is 5. The van der Waals surface area contributed by atoms with Crippen LogP contribution in [-0.4, -0.2) is 17.4 Å². The van der Waals surface area contributed by atoms with Crippen LogP contribution in [0, 0.1) is 5.82 Å². The molecule has 0 fully saturated rings. The van der Waals surface area contributed by atoms with Crippen molar-refractivity contribution in [2.24, 2.45) is 10.1 Å². The van der Waals surface area contributed by atoms with Crippen LogP contribution in [0.25, 0.3) is 11.3 Å². The zero-order valence-electron chi connectivity index (χ0n) is 14.2. The van der Waals surface area contributed by atoms with Crippen molar-refractivity contribution in [2.45, 2.75) is 6.92 Å². The molecule has 0 saturated carbocycles. The van der Waals surface area contributed by atoms with Gasteiger partial charge in [0.15, 0.2) is 0 Å². The fourth-order valence-electron chi connectivity index (χ4n) is 2.28. The molecule has 0 amide bonds. The highest BCUT2D eigenvalue weighted by molar-refractivity contribution is 9.10. The molecule has 0 aliphatic heterocycles. The Hall–Kier alpha value is -2.31. The molecule has 0 spiro atoms. The van der Waals surface area contributed by atoms with Crippen molar-refractivity contribution in [3.8, 4) is 11.3 Å². The van der Waals surface area contributed by atoms with Gasteiger partial charge >= 0.3 is 0 Å². The minimum atomic E-state index is -0.310. The SMILES string of the molecule is C=C(C)CN=c1scc(-c2ccccc2Br)n1N=Cc1ccccc1F. The van der Waals surface area contributed by atoms with Crippen LogP contribution in [0.1, 0.15) is 12.5 Å². The molecule has 6 heteroatoms. The van der Waals surface area contributed by atoms with Crippen LogP contribution in [-0.2, 0) is 0 Å². The Kier molecular flexibility index (Phi) is 5.96. The number of halogens is 2. The predicted octanol–water partition coefficient (Wildman–Crippen LogP) is 5.48. The van der Waals surface area contributed by atoms with Gasteiger partial charge in [-0.2, -0.15) is 5.10 Å². The highest BCUT2D eigenvalue weighted by Crippen LogP contribution is 2.28. The molecule has 1 aromatic heterocycles. The molecule has 132 valence electrons. The second-order valence-electron chi connectivity index (χ2n) is 5.73. The van der Waals surface area contributed by atoms with Crippen LogP contribution in [0.3, 0.4) is 0 Å². The second-order valence-corrected chi connectivity index (χ2v) is 7.43. The Balaban J connectivity index is 2.12. The van der Waals surface area contributed by atoms with E-state index in [0.29, 0.717) is 12.1 Å². The Morgan fingerprint density at radius 1 is 1.23 bits per heavy atom. The van der Waals surface area contributed by atoms with Crippen molar-refractivity contribution in [3.63, 3.8) is 0 Å². The van der Waals surface area contributed by atoms with Gasteiger partial charge < -0.3 is 0 Å². The van der Waals surface area contributed by atoms with Crippen molar-refractivity contribution >= 4 is 33.5 Å². The lowest BCUT2D eigenvalue weighted by atomic mass is 10.2. The average Bonchev–Trinajstić information content (AvgIpc) is 3.02. The smallest absolute Gasteiger partial charge is 0.206 e. The molecule has 0 aliphatic carbocycles. The first-order valence-electron chi connectivity index (χ1n) is 7.95. The summed E-state index contributed by atoms with van der Waals surface area (Å²) in [4.78, 5) is 5.30. The maximum atomic E-state index is 13.9. The Bertz CT molecular complexity index is 1030. The van der Waals surface area contributed by atoms with Crippen LogP contribution in [0.5, 0.6) is 0 Å². The lowest BCUT2D eigenvalue weighted by Gasteiger charge is -2.06. The number of hydrogen-bond donors (Lipinski definition) is 0. The Morgan fingerprint density at radius 2 is 1.96 bits per heavy atom. The molecule has 0 aliphatic rings. The fraction of sp³-hybridized carbons (Fsp3) is 0.100. The predicted molar refractivity (Wildman–Crippen MR) is 110 cm³/mol. The maximum Gasteiger partial charge on any atom is 0.206 e. The molecular formula is C20H17BrFN3S. The molecule has 26 heavy (non-hydrogen) atoms. The van der Waals surface area contributed by atoms with Crippen molar-refractivity contribution in [1.29, 1.82) is 0 Å². The summed E-state index contributed by atoms with van der Waals surface area (Å²) in [6.45, 7) is 6.34. The summed E-state index contributed by atoms with van der Waals surface area (Å²) in [7, 11) is 0. The number of thiazole rings is 1. The van der Waals surface area contributed by atoms with E-state index in [2.05, 4.69) is 32.6 Å². The molecule has 0 N–H and O–H groups in total. The Labute approximate surface area is 164 Å². The van der Waals surface area contributed by atoms with Gasteiger partial charge in [-0.05, 0) is 19.1 Å². The molecule has 0 saturated heterocycles. The van der Waals surface area contributed by atoms with E-state index in [4.69, 9.17) is 0 Å². The molecule has 3 rings (SSSR count). The fourth-order valence-corrected chi connectivity index (χ4v) is 3.59. The van der Waals surface area contributed by atoms with Gasteiger partial charge in [0.25, 0.3) is 0 Å². The maximum absolute atomic E-state index is 13.9. The number of hydrogen-bond acceptors (Lipinski definition) is 3. The summed E-state index contributed by atoms with van der Waals surface area (Å²) in [5.41, 5.74) is 3.27. The van der Waals surface area contributed by atoms with Crippen molar-refractivity contribution in [3.05, 3.63) is 86.7 Å². The minimum absolute atomic E-state index is 0.310. The van der Waals surface area contributed by atoms with Crippen LogP contribution < -0.4 is 4.80 Å². The third-order valence-electron chi connectivity index (χ3n) is 3.54. The molecule has 0 radical (unpaired) electrons. The lowest BCUT2D eigenvalue weighted by molar-refractivity contribution is 0.625. The quantitative estimate of drug-likeness (QED) is 0.379. The van der Waals surface area contributed by atoms with E-state index in [9.17, 15) is 4.39 Å². The topological polar surface area (TPSA) is 29.6 Å². The van der Waals surface area contributed by atoms with E-state index in [1.54, 1.807) is 22.9 Å². The van der Waals surface area contributed by atoms with Crippen LogP contribution in [0.15, 0.2) is 80.6 Å². The van der Waals surface area contributed by atoms with Gasteiger partial charge in [-0.25, -0.2) is 9.07 Å². The summed E-state index contributed by atoms with van der Waals surface area (Å²) in [6, 6.07) is 14.4. The van der Waals surface area contributed by atoms with E-state index in [-0.39, 0.29) is 5.82 Å². The number of benzene rings is 2. The first-order chi connectivity index (χ1) is 12.6. The van der Waals surface area contributed by atoms with Gasteiger partial charge in [-0.3, -0.25) is 4.99 Å². The van der Waals surface area contributed by atoms with E-state index in [0.717, 1.165) is 26.1 Å². The largest absolute Gasteiger partial charge is 0.253 e. The first kappa shape index (κ1) is 18.5. The summed E-state index contributed by atoms with van der Waals surface area (Å²) >= 11 is 5.07. The van der Waals surface area contributed by atoms with Crippen molar-refractivity contribution < 1.29 is 4.39 Å². The van der Waals surface area contributed by atoms with E-state index in [1.807, 2.05) is 36.6 Å². The van der Waals surface area contributed by atoms with Crippen LogP contribution >= 0.6 is 27.3 Å². The molecule has 1 heterocycles. The second kappa shape index (κ2) is 8.38. The Morgan fingerprint density at radius 3 is 2.69 bits per heavy atom. The normalized spacial score (nSPS) is 12.0. The number of aromatic nitrogens is 1. The summed E-state index contributed by atoms with van der Waals surface area (Å²) in [5.74, 6) is -0.310. The molecule has 0 unspecified atom stereocenters. The zero-order chi connectivity index (χ0) is 18.5. The lowest BCUT2D eigenvalue weighted by Crippen LogP contribution is -2.13. The molecule has 2 aromatic carbocycles. The van der Waals surface area contributed by atoms with Gasteiger partial charge in [-0.1, -0.05) is 64.5 Å². The third kappa shape index (κ3) is 4.26. The first-order valence-corrected chi connectivity index (χ1v) is 9.62. The third-order valence-corrected chi connectivity index (χ3v) is 5.08. The van der Waals surface area contributed by atoms with Gasteiger partial charge in [0, 0.05) is 21.0 Å². The highest BCUT2D eigenvalue weighted by Gasteiger charge is 2.10. The average molecular weight is 430 g/mol.